The van der Waals surface area contributed by atoms with Crippen LogP contribution < -0.4 is 4.74 Å². The van der Waals surface area contributed by atoms with E-state index >= 15 is 0 Å². The van der Waals surface area contributed by atoms with Crippen LogP contribution in [0.2, 0.25) is 0 Å². The molecule has 0 saturated carbocycles. The predicted octanol–water partition coefficient (Wildman–Crippen LogP) is 3.25. The van der Waals surface area contributed by atoms with Crippen molar-refractivity contribution in [2.45, 2.75) is 38.5 Å². The third-order valence-electron chi connectivity index (χ3n) is 3.54. The quantitative estimate of drug-likeness (QED) is 0.749. The molecule has 2 heterocycles. The average molecular weight is 283 g/mol. The largest absolute Gasteiger partial charge is 0.476 e. The molecule has 0 amide bonds. The minimum absolute atomic E-state index is 0.512. The van der Waals surface area contributed by atoms with Crippen LogP contribution in [0.1, 0.15) is 37.4 Å². The van der Waals surface area contributed by atoms with Gasteiger partial charge in [-0.05, 0) is 44.0 Å². The normalized spacial score (nSPS) is 16.5. The molecule has 1 aromatic rings. The van der Waals surface area contributed by atoms with Crippen LogP contribution in [0.25, 0.3) is 0 Å². The summed E-state index contributed by atoms with van der Waals surface area (Å²) in [4.78, 5) is 6.95. The first-order chi connectivity index (χ1) is 9.31. The molecular formula is C15H23ClN2O. The number of rotatable bonds is 6. The van der Waals surface area contributed by atoms with Gasteiger partial charge in [-0.1, -0.05) is 13.3 Å². The molecular weight excluding hydrogens is 260 g/mol. The Hall–Kier alpha value is -0.800. The Morgan fingerprint density at radius 2 is 2.05 bits per heavy atom. The standard InChI is InChI=1S/C15H23ClN2O/c1-2-14-10-13(12-16)11-15(17-14)19-9-8-18-6-4-3-5-7-18/h10-11H,2-9,12H2,1H3. The topological polar surface area (TPSA) is 25.4 Å². The van der Waals surface area contributed by atoms with Gasteiger partial charge in [0.1, 0.15) is 6.61 Å². The van der Waals surface area contributed by atoms with Crippen molar-refractivity contribution in [3.05, 3.63) is 23.4 Å². The zero-order valence-corrected chi connectivity index (χ0v) is 12.5. The van der Waals surface area contributed by atoms with Crippen LogP contribution in [0.4, 0.5) is 0 Å². The number of aromatic nitrogens is 1. The van der Waals surface area contributed by atoms with Crippen LogP contribution in [0.15, 0.2) is 12.1 Å². The Labute approximate surface area is 120 Å². The monoisotopic (exact) mass is 282 g/mol. The molecule has 0 unspecified atom stereocenters. The van der Waals surface area contributed by atoms with Crippen molar-refractivity contribution < 1.29 is 4.74 Å². The maximum atomic E-state index is 5.89. The molecule has 1 saturated heterocycles. The van der Waals surface area contributed by atoms with Gasteiger partial charge in [0.2, 0.25) is 5.88 Å². The number of likely N-dealkylation sites (tertiary alicyclic amines) is 1. The molecule has 19 heavy (non-hydrogen) atoms. The summed E-state index contributed by atoms with van der Waals surface area (Å²) >= 11 is 5.89. The second-order valence-electron chi connectivity index (χ2n) is 5.04. The molecule has 2 rings (SSSR count). The van der Waals surface area contributed by atoms with Crippen LogP contribution in [-0.2, 0) is 12.3 Å². The number of ether oxygens (including phenoxy) is 1. The molecule has 0 radical (unpaired) electrons. The van der Waals surface area contributed by atoms with Crippen LogP contribution in [0, 0.1) is 0 Å². The van der Waals surface area contributed by atoms with E-state index in [1.165, 1.54) is 32.4 Å². The molecule has 0 bridgehead atoms. The van der Waals surface area contributed by atoms with Crippen LogP contribution in [0.3, 0.4) is 0 Å². The van der Waals surface area contributed by atoms with E-state index in [4.69, 9.17) is 16.3 Å². The van der Waals surface area contributed by atoms with E-state index in [0.717, 1.165) is 24.2 Å². The smallest absolute Gasteiger partial charge is 0.213 e. The van der Waals surface area contributed by atoms with Gasteiger partial charge in [0, 0.05) is 24.2 Å². The van der Waals surface area contributed by atoms with Gasteiger partial charge in [-0.2, -0.15) is 0 Å². The summed E-state index contributed by atoms with van der Waals surface area (Å²) in [6, 6.07) is 3.99. The number of aryl methyl sites for hydroxylation is 1. The summed E-state index contributed by atoms with van der Waals surface area (Å²) in [5.74, 6) is 1.23. The van der Waals surface area contributed by atoms with Crippen molar-refractivity contribution in [2.24, 2.45) is 0 Å². The molecule has 106 valence electrons. The van der Waals surface area contributed by atoms with Crippen molar-refractivity contribution in [3.63, 3.8) is 0 Å². The molecule has 1 aliphatic rings. The molecule has 0 aliphatic carbocycles. The molecule has 0 aromatic carbocycles. The Morgan fingerprint density at radius 3 is 2.74 bits per heavy atom. The Morgan fingerprint density at radius 1 is 1.26 bits per heavy atom. The Kier molecular flexibility index (Phi) is 5.93. The van der Waals surface area contributed by atoms with E-state index in [-0.39, 0.29) is 0 Å². The van der Waals surface area contributed by atoms with Gasteiger partial charge in [0.15, 0.2) is 0 Å². The summed E-state index contributed by atoms with van der Waals surface area (Å²) in [7, 11) is 0. The minimum atomic E-state index is 0.512. The van der Waals surface area contributed by atoms with Gasteiger partial charge in [0.25, 0.3) is 0 Å². The first-order valence-electron chi connectivity index (χ1n) is 7.22. The van der Waals surface area contributed by atoms with Gasteiger partial charge in [-0.25, -0.2) is 4.98 Å². The van der Waals surface area contributed by atoms with Crippen LogP contribution >= 0.6 is 11.6 Å². The fourth-order valence-electron chi connectivity index (χ4n) is 2.41. The number of nitrogens with zero attached hydrogens (tertiary/aromatic N) is 2. The number of hydrogen-bond donors (Lipinski definition) is 0. The van der Waals surface area contributed by atoms with Gasteiger partial charge in [0.05, 0.1) is 0 Å². The first-order valence-corrected chi connectivity index (χ1v) is 7.76. The van der Waals surface area contributed by atoms with Crippen molar-refractivity contribution in [2.75, 3.05) is 26.2 Å². The molecule has 1 aromatic heterocycles. The zero-order valence-electron chi connectivity index (χ0n) is 11.7. The third kappa shape index (κ3) is 4.66. The Bertz CT molecular complexity index is 369. The van der Waals surface area contributed by atoms with Crippen molar-refractivity contribution in [1.29, 1.82) is 0 Å². The molecule has 0 spiro atoms. The van der Waals surface area contributed by atoms with Gasteiger partial charge in [-0.15, -0.1) is 11.6 Å². The number of pyridine rings is 1. The summed E-state index contributed by atoms with van der Waals surface area (Å²) in [6.45, 7) is 6.21. The lowest BCUT2D eigenvalue weighted by Gasteiger charge is -2.26. The summed E-state index contributed by atoms with van der Waals surface area (Å²) in [5.41, 5.74) is 2.13. The fraction of sp³-hybridized carbons (Fsp3) is 0.667. The highest BCUT2D eigenvalue weighted by atomic mass is 35.5. The van der Waals surface area contributed by atoms with E-state index in [2.05, 4.69) is 16.8 Å². The van der Waals surface area contributed by atoms with E-state index in [9.17, 15) is 0 Å². The maximum Gasteiger partial charge on any atom is 0.213 e. The highest BCUT2D eigenvalue weighted by Crippen LogP contribution is 2.15. The molecule has 0 N–H and O–H groups in total. The summed E-state index contributed by atoms with van der Waals surface area (Å²) < 4.78 is 5.78. The van der Waals surface area contributed by atoms with Gasteiger partial charge in [-0.3, -0.25) is 4.90 Å². The molecule has 0 atom stereocenters. The SMILES string of the molecule is CCc1cc(CCl)cc(OCCN2CCCCC2)n1. The molecule has 1 aliphatic heterocycles. The van der Waals surface area contributed by atoms with Gasteiger partial charge < -0.3 is 4.74 Å². The van der Waals surface area contributed by atoms with Crippen molar-refractivity contribution in [3.8, 4) is 5.88 Å². The van der Waals surface area contributed by atoms with E-state index in [1.54, 1.807) is 0 Å². The zero-order chi connectivity index (χ0) is 13.5. The highest BCUT2D eigenvalue weighted by molar-refractivity contribution is 6.17. The summed E-state index contributed by atoms with van der Waals surface area (Å²) in [5, 5.41) is 0. The van der Waals surface area contributed by atoms with E-state index in [1.807, 2.05) is 12.1 Å². The van der Waals surface area contributed by atoms with Gasteiger partial charge >= 0.3 is 0 Å². The number of alkyl halides is 1. The average Bonchev–Trinajstić information content (AvgIpc) is 2.48. The third-order valence-corrected chi connectivity index (χ3v) is 3.85. The number of piperidine rings is 1. The predicted molar refractivity (Wildman–Crippen MR) is 79.0 cm³/mol. The molecule has 4 heteroatoms. The lowest BCUT2D eigenvalue weighted by molar-refractivity contribution is 0.180. The summed E-state index contributed by atoms with van der Waals surface area (Å²) in [6.07, 6.45) is 4.92. The fourth-order valence-corrected chi connectivity index (χ4v) is 2.57. The minimum Gasteiger partial charge on any atom is -0.476 e. The van der Waals surface area contributed by atoms with Crippen molar-refractivity contribution >= 4 is 11.6 Å². The van der Waals surface area contributed by atoms with E-state index < -0.39 is 0 Å². The van der Waals surface area contributed by atoms with E-state index in [0.29, 0.717) is 18.4 Å². The second kappa shape index (κ2) is 7.71. The number of hydrogen-bond acceptors (Lipinski definition) is 3. The number of halogens is 1. The van der Waals surface area contributed by atoms with Crippen molar-refractivity contribution in [1.82, 2.24) is 9.88 Å². The lowest BCUT2D eigenvalue weighted by atomic mass is 10.1. The highest BCUT2D eigenvalue weighted by Gasteiger charge is 2.10. The molecule has 1 fully saturated rings. The second-order valence-corrected chi connectivity index (χ2v) is 5.31. The van der Waals surface area contributed by atoms with Crippen LogP contribution in [0.5, 0.6) is 5.88 Å². The maximum absolute atomic E-state index is 5.89. The Balaban J connectivity index is 1.84. The lowest BCUT2D eigenvalue weighted by Crippen LogP contribution is -2.33. The van der Waals surface area contributed by atoms with Crippen LogP contribution in [-0.4, -0.2) is 36.1 Å². The first kappa shape index (κ1) is 14.6. The molecule has 3 nitrogen and oxygen atoms in total.